The van der Waals surface area contributed by atoms with E-state index in [0.717, 1.165) is 27.5 Å². The maximum atomic E-state index is 9.07. The van der Waals surface area contributed by atoms with Crippen molar-refractivity contribution in [2.75, 3.05) is 0 Å². The SMILES string of the molecule is [2H]c1c([2H])c([2H])c(-c2cccc3c2c2c([2H])c([2H])c([2H])c([2H])c2n3-c2ccc(-c3nc(-c4ccccc4)nc(-c4ccc5c(c4)oc4ccccc45)n3)cc2)c([2H])c1[2H]. The molecule has 5 nitrogen and oxygen atoms in total. The Morgan fingerprint density at radius 2 is 1.12 bits per heavy atom. The molecule has 10 rings (SSSR count). The van der Waals surface area contributed by atoms with Crippen LogP contribution in [-0.2, 0) is 0 Å². The van der Waals surface area contributed by atoms with Crippen molar-refractivity contribution >= 4 is 43.7 Å². The number of hydrogen-bond donors (Lipinski definition) is 0. The lowest BCUT2D eigenvalue weighted by molar-refractivity contribution is 0.669. The number of hydrogen-bond acceptors (Lipinski definition) is 4. The van der Waals surface area contributed by atoms with Crippen molar-refractivity contribution in [3.63, 3.8) is 0 Å². The number of furan rings is 1. The van der Waals surface area contributed by atoms with E-state index in [4.69, 9.17) is 31.7 Å². The van der Waals surface area contributed by atoms with Crippen LogP contribution >= 0.6 is 0 Å². The summed E-state index contributed by atoms with van der Waals surface area (Å²) >= 11 is 0. The normalized spacial score (nSPS) is 14.1. The fourth-order valence-electron chi connectivity index (χ4n) is 6.60. The van der Waals surface area contributed by atoms with Gasteiger partial charge in [-0.15, -0.1) is 0 Å². The Morgan fingerprint density at radius 1 is 0.460 bits per heavy atom. The highest BCUT2D eigenvalue weighted by Crippen LogP contribution is 2.39. The van der Waals surface area contributed by atoms with Gasteiger partial charge in [0, 0.05) is 43.9 Å². The van der Waals surface area contributed by atoms with E-state index in [1.165, 1.54) is 0 Å². The van der Waals surface area contributed by atoms with Crippen LogP contribution in [0.2, 0.25) is 0 Å². The van der Waals surface area contributed by atoms with E-state index < -0.39 is 42.3 Å². The fraction of sp³-hybridized carbons (Fsp3) is 0. The van der Waals surface area contributed by atoms with Gasteiger partial charge in [-0.1, -0.05) is 115 Å². The molecule has 0 aliphatic rings. The molecule has 0 atom stereocenters. The molecule has 0 bridgehead atoms. The number of aromatic nitrogens is 4. The van der Waals surface area contributed by atoms with Gasteiger partial charge >= 0.3 is 0 Å². The van der Waals surface area contributed by atoms with Crippen LogP contribution in [0.25, 0.3) is 94.7 Å². The Labute approximate surface area is 300 Å². The molecule has 3 heterocycles. The van der Waals surface area contributed by atoms with E-state index in [0.29, 0.717) is 45.2 Å². The summed E-state index contributed by atoms with van der Waals surface area (Å²) in [4.78, 5) is 14.7. The van der Waals surface area contributed by atoms with Crippen LogP contribution in [0.1, 0.15) is 12.3 Å². The molecule has 0 aliphatic carbocycles. The Balaban J connectivity index is 1.17. The number of rotatable bonds is 5. The first-order chi connectivity index (χ1) is 28.5. The lowest BCUT2D eigenvalue weighted by Gasteiger charge is -2.11. The second-order valence-corrected chi connectivity index (χ2v) is 11.8. The van der Waals surface area contributed by atoms with Crippen LogP contribution in [0.3, 0.4) is 0 Å². The summed E-state index contributed by atoms with van der Waals surface area (Å²) in [6.07, 6.45) is 0. The summed E-state index contributed by atoms with van der Waals surface area (Å²) in [6.45, 7) is 0. The van der Waals surface area contributed by atoms with Crippen molar-refractivity contribution in [1.82, 2.24) is 19.5 Å². The van der Waals surface area contributed by atoms with E-state index in [1.807, 2.05) is 84.9 Å². The Bertz CT molecular complexity index is 3350. The Morgan fingerprint density at radius 3 is 1.94 bits per heavy atom. The third-order valence-corrected chi connectivity index (χ3v) is 8.88. The quantitative estimate of drug-likeness (QED) is 0.186. The maximum Gasteiger partial charge on any atom is 0.164 e. The summed E-state index contributed by atoms with van der Waals surface area (Å²) in [7, 11) is 0. The third kappa shape index (κ3) is 4.60. The lowest BCUT2D eigenvalue weighted by Crippen LogP contribution is -2.00. The lowest BCUT2D eigenvalue weighted by atomic mass is 9.99. The average molecular weight is 650 g/mol. The van der Waals surface area contributed by atoms with Crippen LogP contribution in [0, 0.1) is 0 Å². The Hall–Kier alpha value is -6.85. The molecule has 234 valence electrons. The fourth-order valence-corrected chi connectivity index (χ4v) is 6.60. The van der Waals surface area contributed by atoms with Gasteiger partial charge in [-0.2, -0.15) is 0 Å². The molecule has 0 aliphatic heterocycles. The smallest absolute Gasteiger partial charge is 0.164 e. The molecule has 0 N–H and O–H groups in total. The van der Waals surface area contributed by atoms with Crippen molar-refractivity contribution in [2.45, 2.75) is 0 Å². The molecular weight excluding hydrogens is 613 g/mol. The first-order valence-corrected chi connectivity index (χ1v) is 16.0. The molecule has 0 fully saturated rings. The molecule has 0 unspecified atom stereocenters. The van der Waals surface area contributed by atoms with Gasteiger partial charge in [0.1, 0.15) is 11.2 Å². The zero-order chi connectivity index (χ0) is 40.9. The summed E-state index contributed by atoms with van der Waals surface area (Å²) in [5, 5.41) is 2.48. The summed E-state index contributed by atoms with van der Waals surface area (Å²) in [5.74, 6) is 1.31. The van der Waals surface area contributed by atoms with Gasteiger partial charge < -0.3 is 8.98 Å². The average Bonchev–Trinajstić information content (AvgIpc) is 3.83. The number of benzene rings is 7. The second-order valence-electron chi connectivity index (χ2n) is 11.8. The van der Waals surface area contributed by atoms with Gasteiger partial charge in [0.05, 0.1) is 23.4 Å². The molecule has 10 aromatic rings. The van der Waals surface area contributed by atoms with Crippen LogP contribution in [0.4, 0.5) is 0 Å². The standard InChI is InChI=1S/C45H28N4O/c1-3-12-29(13-4-1)34-18-11-20-39-42(34)37-17-7-9-19-38(37)49(39)33-25-22-31(23-26-33)44-46-43(30-14-5-2-6-15-30)47-45(48-44)32-24-27-36-35-16-8-10-21-40(35)50-41(36)28-32/h1-28H/i1D,3D,4D,7D,9D,12D,13D,17D,19D. The zero-order valence-electron chi connectivity index (χ0n) is 35.2. The van der Waals surface area contributed by atoms with Crippen LogP contribution in [-0.4, -0.2) is 19.5 Å². The van der Waals surface area contributed by atoms with Crippen molar-refractivity contribution in [2.24, 2.45) is 0 Å². The third-order valence-electron chi connectivity index (χ3n) is 8.88. The molecule has 5 heteroatoms. The van der Waals surface area contributed by atoms with Crippen molar-refractivity contribution in [1.29, 1.82) is 0 Å². The molecule has 7 aromatic carbocycles. The highest BCUT2D eigenvalue weighted by Gasteiger charge is 2.18. The van der Waals surface area contributed by atoms with Gasteiger partial charge in [-0.3, -0.25) is 0 Å². The second kappa shape index (κ2) is 11.4. The topological polar surface area (TPSA) is 56.7 Å². The predicted molar refractivity (Wildman–Crippen MR) is 203 cm³/mol. The number of para-hydroxylation sites is 2. The molecular formula is C45H28N4O. The molecule has 3 aromatic heterocycles. The minimum absolute atomic E-state index is 0.0669. The molecule has 0 saturated heterocycles. The Kier molecular flexibility index (Phi) is 4.67. The zero-order valence-corrected chi connectivity index (χ0v) is 26.2. The van der Waals surface area contributed by atoms with E-state index in [9.17, 15) is 0 Å². The molecule has 0 saturated carbocycles. The molecule has 50 heavy (non-hydrogen) atoms. The van der Waals surface area contributed by atoms with Gasteiger partial charge in [0.25, 0.3) is 0 Å². The largest absolute Gasteiger partial charge is 0.456 e. The summed E-state index contributed by atoms with van der Waals surface area (Å²) < 4.78 is 85.5. The van der Waals surface area contributed by atoms with Crippen molar-refractivity contribution in [3.8, 4) is 51.0 Å². The van der Waals surface area contributed by atoms with Gasteiger partial charge in [-0.05, 0) is 65.7 Å². The van der Waals surface area contributed by atoms with Crippen LogP contribution in [0.5, 0.6) is 0 Å². The summed E-state index contributed by atoms with van der Waals surface area (Å²) in [5.41, 5.74) is 5.04. The van der Waals surface area contributed by atoms with E-state index in [2.05, 4.69) is 0 Å². The highest BCUT2D eigenvalue weighted by molar-refractivity contribution is 6.15. The van der Waals surface area contributed by atoms with Crippen LogP contribution in [0.15, 0.2) is 174 Å². The van der Waals surface area contributed by atoms with Gasteiger partial charge in [0.2, 0.25) is 0 Å². The molecule has 0 spiro atoms. The van der Waals surface area contributed by atoms with Crippen molar-refractivity contribution in [3.05, 3.63) is 170 Å². The van der Waals surface area contributed by atoms with Crippen molar-refractivity contribution < 1.29 is 16.8 Å². The van der Waals surface area contributed by atoms with Gasteiger partial charge in [0.15, 0.2) is 17.5 Å². The highest BCUT2D eigenvalue weighted by atomic mass is 16.3. The monoisotopic (exact) mass is 649 g/mol. The minimum Gasteiger partial charge on any atom is -0.456 e. The molecule has 0 radical (unpaired) electrons. The molecule has 0 amide bonds. The van der Waals surface area contributed by atoms with E-state index in [-0.39, 0.29) is 34.1 Å². The van der Waals surface area contributed by atoms with Gasteiger partial charge in [-0.25, -0.2) is 15.0 Å². The predicted octanol–water partition coefficient (Wildman–Crippen LogP) is 11.5. The number of fused-ring (bicyclic) bond motifs is 6. The maximum absolute atomic E-state index is 9.07. The van der Waals surface area contributed by atoms with E-state index >= 15 is 0 Å². The minimum atomic E-state index is -0.534. The first-order valence-electron chi connectivity index (χ1n) is 20.5. The van der Waals surface area contributed by atoms with Crippen LogP contribution < -0.4 is 0 Å². The number of nitrogens with zero attached hydrogens (tertiary/aromatic N) is 4. The first kappa shape index (κ1) is 20.5. The van der Waals surface area contributed by atoms with E-state index in [1.54, 1.807) is 34.9 Å². The summed E-state index contributed by atoms with van der Waals surface area (Å²) in [6, 6.07) is 31.8.